The van der Waals surface area contributed by atoms with Gasteiger partial charge in [-0.05, 0) is 6.42 Å². The Morgan fingerprint density at radius 2 is 1.94 bits per heavy atom. The van der Waals surface area contributed by atoms with Crippen molar-refractivity contribution in [2.75, 3.05) is 13.1 Å². The van der Waals surface area contributed by atoms with Crippen LogP contribution in [0.3, 0.4) is 0 Å². The summed E-state index contributed by atoms with van der Waals surface area (Å²) >= 11 is 5.42. The molecule has 11 heteroatoms. The minimum Gasteiger partial charge on any atom is -0.503 e. The van der Waals surface area contributed by atoms with Crippen LogP contribution in [0.4, 0.5) is 13.2 Å². The second-order valence-electron chi connectivity index (χ2n) is 7.04. The van der Waals surface area contributed by atoms with Crippen molar-refractivity contribution in [3.8, 4) is 5.75 Å². The highest BCUT2D eigenvalue weighted by Gasteiger charge is 2.30. The maximum atomic E-state index is 14.0. The third-order valence-corrected chi connectivity index (χ3v) is 5.36. The second-order valence-corrected chi connectivity index (χ2v) is 7.42. The fraction of sp³-hybridized carbons (Fsp3) is 0.350. The molecule has 2 heterocycles. The predicted molar refractivity (Wildman–Crippen MR) is 106 cm³/mol. The highest BCUT2D eigenvalue weighted by atomic mass is 35.5. The summed E-state index contributed by atoms with van der Waals surface area (Å²) in [5.41, 5.74) is -2.51. The van der Waals surface area contributed by atoms with Gasteiger partial charge in [0.25, 0.3) is 11.8 Å². The molecule has 1 aromatic carbocycles. The molecule has 1 aromatic heterocycles. The lowest BCUT2D eigenvalue weighted by molar-refractivity contribution is 0.0693. The molecule has 1 aliphatic heterocycles. The quantitative estimate of drug-likeness (QED) is 0.515. The van der Waals surface area contributed by atoms with Crippen LogP contribution in [0.2, 0.25) is 5.02 Å². The molecule has 1 aliphatic rings. The number of hydrogen-bond donors (Lipinski definition) is 2. The Morgan fingerprint density at radius 3 is 2.61 bits per heavy atom. The monoisotopic (exact) mass is 457 g/mol. The zero-order chi connectivity index (χ0) is 22.9. The van der Waals surface area contributed by atoms with E-state index in [1.807, 2.05) is 6.92 Å². The van der Waals surface area contributed by atoms with E-state index in [0.717, 1.165) is 19.0 Å². The molecular weight excluding hydrogens is 439 g/mol. The van der Waals surface area contributed by atoms with E-state index in [1.54, 1.807) is 0 Å². The van der Waals surface area contributed by atoms with Crippen LogP contribution in [-0.2, 0) is 13.1 Å². The molecule has 166 valence electrons. The van der Waals surface area contributed by atoms with Crippen LogP contribution in [0, 0.1) is 17.5 Å². The molecule has 0 saturated carbocycles. The van der Waals surface area contributed by atoms with Gasteiger partial charge in [0.1, 0.15) is 22.2 Å². The average Bonchev–Trinajstić information content (AvgIpc) is 2.73. The van der Waals surface area contributed by atoms with Crippen molar-refractivity contribution >= 4 is 23.4 Å². The number of carbonyl (C=O) groups is 2. The molecule has 3 rings (SSSR count). The van der Waals surface area contributed by atoms with Crippen LogP contribution in [0.5, 0.6) is 5.75 Å². The number of unbranched alkanes of at least 4 members (excludes halogenated alkanes) is 1. The van der Waals surface area contributed by atoms with Crippen LogP contribution < -0.4 is 10.7 Å². The first-order valence-corrected chi connectivity index (χ1v) is 9.90. The summed E-state index contributed by atoms with van der Waals surface area (Å²) in [5, 5.41) is 11.5. The van der Waals surface area contributed by atoms with Gasteiger partial charge in [-0.15, -0.1) is 0 Å². The van der Waals surface area contributed by atoms with Crippen molar-refractivity contribution in [1.82, 2.24) is 14.8 Å². The fourth-order valence-corrected chi connectivity index (χ4v) is 3.45. The largest absolute Gasteiger partial charge is 0.503 e. The van der Waals surface area contributed by atoms with E-state index in [-0.39, 0.29) is 12.2 Å². The van der Waals surface area contributed by atoms with Gasteiger partial charge in [0, 0.05) is 44.0 Å². The molecule has 0 aliphatic carbocycles. The SMILES string of the molecule is CCCCN1CCn2cc(C(=O)NCc3c(F)cc(F)c(Cl)c3F)c(=O)c(O)c2C1=O. The molecule has 0 atom stereocenters. The van der Waals surface area contributed by atoms with Gasteiger partial charge < -0.3 is 19.9 Å². The Morgan fingerprint density at radius 1 is 1.23 bits per heavy atom. The standard InChI is InChI=1S/C20H19ClF3N3O4/c1-2-3-4-26-5-6-27-9-11(17(28)18(29)16(27)20(26)31)19(30)25-8-10-12(22)7-13(23)14(21)15(10)24/h7,9,29H,2-6,8H2,1H3,(H,25,30). The smallest absolute Gasteiger partial charge is 0.274 e. The number of fused-ring (bicyclic) bond motifs is 1. The van der Waals surface area contributed by atoms with Crippen molar-refractivity contribution < 1.29 is 27.9 Å². The highest BCUT2D eigenvalue weighted by Crippen LogP contribution is 2.25. The zero-order valence-electron chi connectivity index (χ0n) is 16.5. The minimum absolute atomic E-state index is 0.216. The number of pyridine rings is 1. The van der Waals surface area contributed by atoms with Gasteiger partial charge in [0.15, 0.2) is 17.3 Å². The number of amides is 2. The lowest BCUT2D eigenvalue weighted by atomic mass is 10.1. The number of benzene rings is 1. The molecule has 2 aromatic rings. The third-order valence-electron chi connectivity index (χ3n) is 5.02. The summed E-state index contributed by atoms with van der Waals surface area (Å²) in [5.74, 6) is -6.35. The molecule has 2 N–H and O–H groups in total. The number of rotatable bonds is 6. The van der Waals surface area contributed by atoms with E-state index < -0.39 is 63.1 Å². The molecule has 0 unspecified atom stereocenters. The third kappa shape index (κ3) is 4.25. The molecular formula is C20H19ClF3N3O4. The number of carbonyl (C=O) groups excluding carboxylic acids is 2. The van der Waals surface area contributed by atoms with E-state index >= 15 is 0 Å². The summed E-state index contributed by atoms with van der Waals surface area (Å²) in [6.45, 7) is 2.30. The van der Waals surface area contributed by atoms with Crippen LogP contribution >= 0.6 is 11.6 Å². The van der Waals surface area contributed by atoms with Gasteiger partial charge in [-0.25, -0.2) is 13.2 Å². The zero-order valence-corrected chi connectivity index (χ0v) is 17.2. The van der Waals surface area contributed by atoms with Gasteiger partial charge in [-0.2, -0.15) is 0 Å². The van der Waals surface area contributed by atoms with Gasteiger partial charge >= 0.3 is 0 Å². The molecule has 0 fully saturated rings. The lowest BCUT2D eigenvalue weighted by Gasteiger charge is -2.30. The van der Waals surface area contributed by atoms with Crippen molar-refractivity contribution in [1.29, 1.82) is 0 Å². The van der Waals surface area contributed by atoms with Gasteiger partial charge in [0.05, 0.1) is 0 Å². The van der Waals surface area contributed by atoms with E-state index in [1.165, 1.54) is 9.47 Å². The number of hydrogen-bond acceptors (Lipinski definition) is 4. The molecule has 7 nitrogen and oxygen atoms in total. The molecule has 31 heavy (non-hydrogen) atoms. The lowest BCUT2D eigenvalue weighted by Crippen LogP contribution is -2.43. The summed E-state index contributed by atoms with van der Waals surface area (Å²) in [6.07, 6.45) is 2.74. The number of nitrogens with one attached hydrogen (secondary N) is 1. The van der Waals surface area contributed by atoms with Crippen LogP contribution in [0.15, 0.2) is 17.1 Å². The summed E-state index contributed by atoms with van der Waals surface area (Å²) in [4.78, 5) is 39.1. The highest BCUT2D eigenvalue weighted by molar-refractivity contribution is 6.31. The molecule has 0 saturated heterocycles. The van der Waals surface area contributed by atoms with Crippen molar-refractivity contribution in [3.05, 3.63) is 61.8 Å². The minimum atomic E-state index is -1.37. The Bertz CT molecular complexity index is 1120. The van der Waals surface area contributed by atoms with Crippen LogP contribution in [0.25, 0.3) is 0 Å². The summed E-state index contributed by atoms with van der Waals surface area (Å²) in [6, 6.07) is 0.377. The summed E-state index contributed by atoms with van der Waals surface area (Å²) in [7, 11) is 0. The van der Waals surface area contributed by atoms with Crippen LogP contribution in [0.1, 0.15) is 46.2 Å². The van der Waals surface area contributed by atoms with Gasteiger partial charge in [-0.1, -0.05) is 24.9 Å². The maximum absolute atomic E-state index is 14.0. The Balaban J connectivity index is 1.86. The maximum Gasteiger partial charge on any atom is 0.274 e. The summed E-state index contributed by atoms with van der Waals surface area (Å²) < 4.78 is 42.4. The van der Waals surface area contributed by atoms with Crippen molar-refractivity contribution in [3.63, 3.8) is 0 Å². The molecule has 0 bridgehead atoms. The molecule has 2 amide bonds. The fourth-order valence-electron chi connectivity index (χ4n) is 3.28. The van der Waals surface area contributed by atoms with Crippen LogP contribution in [-0.4, -0.2) is 39.5 Å². The second kappa shape index (κ2) is 9.01. The van der Waals surface area contributed by atoms with E-state index in [9.17, 15) is 32.7 Å². The topological polar surface area (TPSA) is 91.6 Å². The first-order chi connectivity index (χ1) is 14.7. The number of halogens is 4. The van der Waals surface area contributed by atoms with E-state index in [4.69, 9.17) is 11.6 Å². The first kappa shape index (κ1) is 22.7. The first-order valence-electron chi connectivity index (χ1n) is 9.53. The predicted octanol–water partition coefficient (Wildman–Crippen LogP) is 2.81. The van der Waals surface area contributed by atoms with Crippen molar-refractivity contribution in [2.45, 2.75) is 32.9 Å². The number of nitrogens with zero attached hydrogens (tertiary/aromatic N) is 2. The average molecular weight is 458 g/mol. The normalized spacial score (nSPS) is 13.3. The van der Waals surface area contributed by atoms with E-state index in [0.29, 0.717) is 19.2 Å². The van der Waals surface area contributed by atoms with Crippen molar-refractivity contribution in [2.24, 2.45) is 0 Å². The van der Waals surface area contributed by atoms with Gasteiger partial charge in [0.2, 0.25) is 5.43 Å². The van der Waals surface area contributed by atoms with E-state index in [2.05, 4.69) is 5.32 Å². The number of aromatic hydroxyl groups is 1. The molecule has 0 spiro atoms. The Labute approximate surface area is 180 Å². The molecule has 0 radical (unpaired) electrons. The number of aromatic nitrogens is 1. The van der Waals surface area contributed by atoms with Gasteiger partial charge in [-0.3, -0.25) is 14.4 Å². The Kier molecular flexibility index (Phi) is 6.59. The Hall–Kier alpha value is -3.01.